The summed E-state index contributed by atoms with van der Waals surface area (Å²) in [7, 11) is 3.31. The molecule has 0 bridgehead atoms. The zero-order chi connectivity index (χ0) is 12.7. The van der Waals surface area contributed by atoms with E-state index < -0.39 is 0 Å². The molecular weight excluding hydrogens is 250 g/mol. The molecule has 4 heteroatoms. The van der Waals surface area contributed by atoms with Gasteiger partial charge in [-0.1, -0.05) is 19.9 Å². The minimum absolute atomic E-state index is 0. The summed E-state index contributed by atoms with van der Waals surface area (Å²) in [6.07, 6.45) is 1.20. The highest BCUT2D eigenvalue weighted by atomic mass is 35.5. The maximum absolute atomic E-state index is 5.27. The van der Waals surface area contributed by atoms with Crippen molar-refractivity contribution in [1.29, 1.82) is 0 Å². The molecule has 18 heavy (non-hydrogen) atoms. The summed E-state index contributed by atoms with van der Waals surface area (Å²) in [4.78, 5) is 0. The fourth-order valence-electron chi connectivity index (χ4n) is 1.61. The van der Waals surface area contributed by atoms with Gasteiger partial charge in [-0.25, -0.2) is 0 Å². The van der Waals surface area contributed by atoms with E-state index in [1.165, 1.54) is 12.0 Å². The molecule has 0 aliphatic carbocycles. The van der Waals surface area contributed by atoms with E-state index in [1.807, 2.05) is 12.1 Å². The van der Waals surface area contributed by atoms with Gasteiger partial charge in [0.1, 0.15) is 0 Å². The van der Waals surface area contributed by atoms with Gasteiger partial charge in [0.05, 0.1) is 14.2 Å². The molecule has 0 radical (unpaired) electrons. The van der Waals surface area contributed by atoms with E-state index >= 15 is 0 Å². The first-order valence-corrected chi connectivity index (χ1v) is 6.09. The predicted molar refractivity (Wildman–Crippen MR) is 78.0 cm³/mol. The molecule has 3 nitrogen and oxygen atoms in total. The zero-order valence-electron chi connectivity index (χ0n) is 11.7. The second-order valence-corrected chi connectivity index (χ2v) is 4.55. The van der Waals surface area contributed by atoms with Crippen LogP contribution in [0.15, 0.2) is 18.2 Å². The van der Waals surface area contributed by atoms with Crippen LogP contribution in [0.5, 0.6) is 11.5 Å². The van der Waals surface area contributed by atoms with E-state index in [2.05, 4.69) is 25.2 Å². The van der Waals surface area contributed by atoms with Crippen molar-refractivity contribution in [2.45, 2.75) is 26.8 Å². The Hall–Kier alpha value is -0.930. The molecule has 1 aromatic rings. The standard InChI is InChI=1S/C14H23NO2.ClH/c1-11(2)7-8-15-10-12-5-6-13(16-3)14(9-12)17-4;/h5-6,9,11,15H,7-8,10H2,1-4H3;1H. The monoisotopic (exact) mass is 273 g/mol. The van der Waals surface area contributed by atoms with Crippen molar-refractivity contribution in [3.8, 4) is 11.5 Å². The fourth-order valence-corrected chi connectivity index (χ4v) is 1.61. The largest absolute Gasteiger partial charge is 0.493 e. The van der Waals surface area contributed by atoms with E-state index in [4.69, 9.17) is 9.47 Å². The van der Waals surface area contributed by atoms with Crippen molar-refractivity contribution in [2.24, 2.45) is 5.92 Å². The van der Waals surface area contributed by atoms with Crippen LogP contribution in [0.4, 0.5) is 0 Å². The molecule has 0 aliphatic heterocycles. The van der Waals surface area contributed by atoms with Crippen LogP contribution in [0.1, 0.15) is 25.8 Å². The number of nitrogens with one attached hydrogen (secondary N) is 1. The lowest BCUT2D eigenvalue weighted by molar-refractivity contribution is 0.354. The highest BCUT2D eigenvalue weighted by molar-refractivity contribution is 5.85. The van der Waals surface area contributed by atoms with Gasteiger partial charge in [0, 0.05) is 6.54 Å². The van der Waals surface area contributed by atoms with Gasteiger partial charge in [-0.2, -0.15) is 0 Å². The molecule has 0 saturated heterocycles. The van der Waals surface area contributed by atoms with Crippen molar-refractivity contribution >= 4 is 12.4 Å². The number of rotatable bonds is 7. The molecule has 0 fully saturated rings. The van der Waals surface area contributed by atoms with Gasteiger partial charge in [-0.15, -0.1) is 12.4 Å². The molecular formula is C14H24ClNO2. The van der Waals surface area contributed by atoms with E-state index in [0.717, 1.165) is 30.5 Å². The zero-order valence-corrected chi connectivity index (χ0v) is 12.5. The van der Waals surface area contributed by atoms with Crippen LogP contribution in [-0.2, 0) is 6.54 Å². The van der Waals surface area contributed by atoms with Gasteiger partial charge >= 0.3 is 0 Å². The lowest BCUT2D eigenvalue weighted by atomic mass is 10.1. The van der Waals surface area contributed by atoms with Gasteiger partial charge in [0.25, 0.3) is 0 Å². The molecule has 0 heterocycles. The van der Waals surface area contributed by atoms with Gasteiger partial charge in [0.2, 0.25) is 0 Å². The summed E-state index contributed by atoms with van der Waals surface area (Å²) in [5.41, 5.74) is 1.21. The van der Waals surface area contributed by atoms with Crippen LogP contribution in [-0.4, -0.2) is 20.8 Å². The van der Waals surface area contributed by atoms with E-state index in [9.17, 15) is 0 Å². The summed E-state index contributed by atoms with van der Waals surface area (Å²) >= 11 is 0. The van der Waals surface area contributed by atoms with E-state index in [1.54, 1.807) is 14.2 Å². The first-order valence-electron chi connectivity index (χ1n) is 6.09. The highest BCUT2D eigenvalue weighted by Gasteiger charge is 2.04. The minimum atomic E-state index is 0. The van der Waals surface area contributed by atoms with Crippen LogP contribution < -0.4 is 14.8 Å². The molecule has 1 rings (SSSR count). The maximum Gasteiger partial charge on any atom is 0.161 e. The molecule has 0 aliphatic rings. The third-order valence-electron chi connectivity index (χ3n) is 2.68. The molecule has 0 atom stereocenters. The molecule has 0 spiro atoms. The Labute approximate surface area is 116 Å². The van der Waals surface area contributed by atoms with Gasteiger partial charge < -0.3 is 14.8 Å². The number of methoxy groups -OCH3 is 2. The number of hydrogen-bond donors (Lipinski definition) is 1. The maximum atomic E-state index is 5.27. The summed E-state index contributed by atoms with van der Waals surface area (Å²) in [5, 5.41) is 3.43. The highest BCUT2D eigenvalue weighted by Crippen LogP contribution is 2.27. The summed E-state index contributed by atoms with van der Waals surface area (Å²) in [6, 6.07) is 6.02. The van der Waals surface area contributed by atoms with Crippen molar-refractivity contribution in [2.75, 3.05) is 20.8 Å². The van der Waals surface area contributed by atoms with Gasteiger partial charge in [-0.3, -0.25) is 0 Å². The van der Waals surface area contributed by atoms with Crippen LogP contribution in [0.25, 0.3) is 0 Å². The van der Waals surface area contributed by atoms with Crippen LogP contribution >= 0.6 is 12.4 Å². The number of hydrogen-bond acceptors (Lipinski definition) is 3. The Kier molecular flexibility index (Phi) is 8.59. The minimum Gasteiger partial charge on any atom is -0.493 e. The number of ether oxygens (including phenoxy) is 2. The predicted octanol–water partition coefficient (Wildman–Crippen LogP) is 3.26. The van der Waals surface area contributed by atoms with Gasteiger partial charge in [0.15, 0.2) is 11.5 Å². The van der Waals surface area contributed by atoms with E-state index in [0.29, 0.717) is 0 Å². The number of halogens is 1. The topological polar surface area (TPSA) is 30.5 Å². The third-order valence-corrected chi connectivity index (χ3v) is 2.68. The SMILES string of the molecule is COc1ccc(CNCCC(C)C)cc1OC.Cl. The molecule has 0 amide bonds. The average Bonchev–Trinajstić information content (AvgIpc) is 2.34. The molecule has 1 N–H and O–H groups in total. The second-order valence-electron chi connectivity index (χ2n) is 4.55. The van der Waals surface area contributed by atoms with Crippen molar-refractivity contribution in [3.05, 3.63) is 23.8 Å². The van der Waals surface area contributed by atoms with Crippen molar-refractivity contribution in [1.82, 2.24) is 5.32 Å². The first-order chi connectivity index (χ1) is 8.17. The Morgan fingerprint density at radius 1 is 1.11 bits per heavy atom. The molecule has 0 aromatic heterocycles. The fraction of sp³-hybridized carbons (Fsp3) is 0.571. The lowest BCUT2D eigenvalue weighted by Gasteiger charge is -2.10. The number of benzene rings is 1. The van der Waals surface area contributed by atoms with Crippen molar-refractivity contribution < 1.29 is 9.47 Å². The van der Waals surface area contributed by atoms with Crippen LogP contribution in [0.2, 0.25) is 0 Å². The summed E-state index contributed by atoms with van der Waals surface area (Å²) in [6.45, 7) is 6.38. The second kappa shape index (κ2) is 9.06. The van der Waals surface area contributed by atoms with Crippen LogP contribution in [0.3, 0.4) is 0 Å². The smallest absolute Gasteiger partial charge is 0.161 e. The Morgan fingerprint density at radius 3 is 2.33 bits per heavy atom. The molecule has 0 saturated carbocycles. The third kappa shape index (κ3) is 5.61. The van der Waals surface area contributed by atoms with Crippen molar-refractivity contribution in [3.63, 3.8) is 0 Å². The Balaban J connectivity index is 0.00000289. The lowest BCUT2D eigenvalue weighted by Crippen LogP contribution is -2.16. The normalized spacial score (nSPS) is 10.1. The molecule has 1 aromatic carbocycles. The van der Waals surface area contributed by atoms with Gasteiger partial charge in [-0.05, 0) is 36.6 Å². The van der Waals surface area contributed by atoms with E-state index in [-0.39, 0.29) is 12.4 Å². The summed E-state index contributed by atoms with van der Waals surface area (Å²) < 4.78 is 10.5. The average molecular weight is 274 g/mol. The van der Waals surface area contributed by atoms with Crippen LogP contribution in [0, 0.1) is 5.92 Å². The first kappa shape index (κ1) is 17.1. The quantitative estimate of drug-likeness (QED) is 0.774. The molecule has 0 unspecified atom stereocenters. The Bertz CT molecular complexity index is 343. The summed E-state index contributed by atoms with van der Waals surface area (Å²) in [5.74, 6) is 2.31. The Morgan fingerprint density at radius 2 is 1.78 bits per heavy atom. The molecule has 104 valence electrons.